The molecule has 5 rings (SSSR count). The molecule has 28 heavy (non-hydrogen) atoms. The Morgan fingerprint density at radius 3 is 2.61 bits per heavy atom. The number of hydrogen-bond acceptors (Lipinski definition) is 3. The van der Waals surface area contributed by atoms with Crippen LogP contribution in [0.25, 0.3) is 10.9 Å². The van der Waals surface area contributed by atoms with Crippen molar-refractivity contribution in [2.24, 2.45) is 10.6 Å². The summed E-state index contributed by atoms with van der Waals surface area (Å²) in [6.07, 6.45) is 2.40. The molecule has 0 saturated carbocycles. The molecule has 0 unspecified atom stereocenters. The van der Waals surface area contributed by atoms with Crippen molar-refractivity contribution in [1.29, 1.82) is 0 Å². The molecular formula is C23H20BrFN2O. The van der Waals surface area contributed by atoms with Crippen molar-refractivity contribution in [2.45, 2.75) is 38.7 Å². The van der Waals surface area contributed by atoms with Gasteiger partial charge in [-0.25, -0.2) is 4.39 Å². The molecule has 1 spiro atoms. The number of nitrogens with zero attached hydrogens (tertiary/aromatic N) is 2. The summed E-state index contributed by atoms with van der Waals surface area (Å²) < 4.78 is 14.8. The van der Waals surface area contributed by atoms with Crippen molar-refractivity contribution in [3.63, 3.8) is 0 Å². The summed E-state index contributed by atoms with van der Waals surface area (Å²) >= 11 is 3.48. The van der Waals surface area contributed by atoms with Gasteiger partial charge in [-0.3, -0.25) is 4.98 Å². The highest BCUT2D eigenvalue weighted by molar-refractivity contribution is 9.10. The van der Waals surface area contributed by atoms with Gasteiger partial charge in [-0.1, -0.05) is 47.1 Å². The van der Waals surface area contributed by atoms with Gasteiger partial charge >= 0.3 is 0 Å². The van der Waals surface area contributed by atoms with Crippen molar-refractivity contribution in [3.05, 3.63) is 75.6 Å². The van der Waals surface area contributed by atoms with E-state index in [4.69, 9.17) is 9.82 Å². The van der Waals surface area contributed by atoms with Crippen LogP contribution in [0.15, 0.2) is 58.2 Å². The summed E-state index contributed by atoms with van der Waals surface area (Å²) in [6, 6.07) is 14.9. The molecule has 1 aromatic heterocycles. The van der Waals surface area contributed by atoms with Crippen LogP contribution in [0.4, 0.5) is 4.39 Å². The summed E-state index contributed by atoms with van der Waals surface area (Å²) in [5, 5.41) is 5.28. The van der Waals surface area contributed by atoms with E-state index in [1.54, 1.807) is 12.1 Å². The van der Waals surface area contributed by atoms with Crippen LogP contribution in [0.5, 0.6) is 0 Å². The highest BCUT2D eigenvalue weighted by atomic mass is 79.9. The molecule has 2 aromatic carbocycles. The quantitative estimate of drug-likeness (QED) is 0.457. The Balaban J connectivity index is 1.61. The molecule has 2 aliphatic rings. The van der Waals surface area contributed by atoms with Crippen molar-refractivity contribution in [3.8, 4) is 0 Å². The number of hydrogen-bond donors (Lipinski definition) is 0. The number of aromatic nitrogens is 1. The molecule has 1 atom stereocenters. The van der Waals surface area contributed by atoms with Gasteiger partial charge in [0.05, 0.1) is 11.2 Å². The number of rotatable bonds is 1. The lowest BCUT2D eigenvalue weighted by Gasteiger charge is -2.41. The molecule has 0 saturated heterocycles. The van der Waals surface area contributed by atoms with Crippen molar-refractivity contribution < 1.29 is 9.23 Å². The second kappa shape index (κ2) is 6.11. The van der Waals surface area contributed by atoms with Crippen molar-refractivity contribution in [2.75, 3.05) is 0 Å². The molecule has 0 bridgehead atoms. The minimum Gasteiger partial charge on any atom is -0.384 e. The molecule has 142 valence electrons. The molecule has 0 amide bonds. The average molecular weight is 439 g/mol. The first-order chi connectivity index (χ1) is 13.3. The molecular weight excluding hydrogens is 419 g/mol. The highest BCUT2D eigenvalue weighted by Gasteiger charge is 2.50. The van der Waals surface area contributed by atoms with Crippen LogP contribution in [0.3, 0.4) is 0 Å². The molecule has 3 nitrogen and oxygen atoms in total. The summed E-state index contributed by atoms with van der Waals surface area (Å²) in [7, 11) is 0. The molecule has 3 aromatic rings. The minimum absolute atomic E-state index is 0.0401. The van der Waals surface area contributed by atoms with Gasteiger partial charge in [0.2, 0.25) is 0 Å². The molecule has 1 aliphatic carbocycles. The summed E-state index contributed by atoms with van der Waals surface area (Å²) in [5.41, 5.74) is 4.38. The predicted octanol–water partition coefficient (Wildman–Crippen LogP) is 6.13. The highest BCUT2D eigenvalue weighted by Crippen LogP contribution is 2.51. The monoisotopic (exact) mass is 438 g/mol. The number of oxime groups is 1. The number of halogens is 2. The third kappa shape index (κ3) is 2.93. The van der Waals surface area contributed by atoms with Crippen LogP contribution < -0.4 is 0 Å². The van der Waals surface area contributed by atoms with Crippen LogP contribution >= 0.6 is 15.9 Å². The average Bonchev–Trinajstić information content (AvgIpc) is 3.04. The fourth-order valence-electron chi connectivity index (χ4n) is 4.61. The topological polar surface area (TPSA) is 34.5 Å². The lowest BCUT2D eigenvalue weighted by atomic mass is 9.66. The van der Waals surface area contributed by atoms with E-state index in [1.807, 2.05) is 24.3 Å². The first kappa shape index (κ1) is 17.8. The zero-order valence-electron chi connectivity index (χ0n) is 15.8. The van der Waals surface area contributed by atoms with E-state index in [0.717, 1.165) is 50.7 Å². The fourth-order valence-corrected chi connectivity index (χ4v) is 4.88. The van der Waals surface area contributed by atoms with E-state index >= 15 is 0 Å². The first-order valence-corrected chi connectivity index (χ1v) is 10.2. The van der Waals surface area contributed by atoms with Crippen LogP contribution in [0, 0.1) is 11.2 Å². The van der Waals surface area contributed by atoms with E-state index in [9.17, 15) is 4.39 Å². The van der Waals surface area contributed by atoms with Gasteiger partial charge < -0.3 is 4.84 Å². The summed E-state index contributed by atoms with van der Waals surface area (Å²) in [5.74, 6) is -0.251. The Labute approximate surface area is 171 Å². The fraction of sp³-hybridized carbons (Fsp3) is 0.304. The van der Waals surface area contributed by atoms with Gasteiger partial charge in [-0.15, -0.1) is 0 Å². The SMILES string of the molecule is CC1(C)Cc2nc3ccc(F)cc3cc2[C@@]2(CC(c3ccc(Br)cc3)=NO2)C1. The Morgan fingerprint density at radius 1 is 1.04 bits per heavy atom. The van der Waals surface area contributed by atoms with E-state index in [-0.39, 0.29) is 11.2 Å². The Hall–Kier alpha value is -2.27. The first-order valence-electron chi connectivity index (χ1n) is 9.44. The van der Waals surface area contributed by atoms with Crippen molar-refractivity contribution >= 4 is 32.5 Å². The van der Waals surface area contributed by atoms with Gasteiger partial charge in [0.25, 0.3) is 0 Å². The summed E-state index contributed by atoms with van der Waals surface area (Å²) in [4.78, 5) is 11.0. The normalized spacial score (nSPS) is 22.8. The molecule has 1 aliphatic heterocycles. The van der Waals surface area contributed by atoms with Gasteiger partial charge in [0.1, 0.15) is 5.82 Å². The predicted molar refractivity (Wildman–Crippen MR) is 112 cm³/mol. The van der Waals surface area contributed by atoms with Crippen molar-refractivity contribution in [1.82, 2.24) is 4.98 Å². The standard InChI is InChI=1S/C23H20BrFN2O/c1-22(2)11-21-18(10-15-9-17(25)7-8-19(15)26-21)23(13-22)12-20(27-28-23)14-3-5-16(24)6-4-14/h3-10H,11-13H2,1-2H3/t23-/m1/s1. The maximum absolute atomic E-state index is 13.8. The number of benzene rings is 2. The molecule has 2 heterocycles. The van der Waals surface area contributed by atoms with E-state index < -0.39 is 5.60 Å². The summed E-state index contributed by atoms with van der Waals surface area (Å²) in [6.45, 7) is 4.49. The van der Waals surface area contributed by atoms with Gasteiger partial charge in [0.15, 0.2) is 5.60 Å². The van der Waals surface area contributed by atoms with E-state index in [1.165, 1.54) is 6.07 Å². The van der Waals surface area contributed by atoms with Crippen LogP contribution in [0.2, 0.25) is 0 Å². The zero-order valence-corrected chi connectivity index (χ0v) is 17.4. The van der Waals surface area contributed by atoms with Crippen LogP contribution in [-0.4, -0.2) is 10.7 Å². The van der Waals surface area contributed by atoms with Crippen LogP contribution in [-0.2, 0) is 16.9 Å². The molecule has 5 heteroatoms. The third-order valence-electron chi connectivity index (χ3n) is 5.72. The smallest absolute Gasteiger partial charge is 0.170 e. The second-order valence-electron chi connectivity index (χ2n) is 8.64. The minimum atomic E-state index is -0.549. The second-order valence-corrected chi connectivity index (χ2v) is 9.56. The number of pyridine rings is 1. The zero-order chi connectivity index (χ0) is 19.5. The van der Waals surface area contributed by atoms with Crippen LogP contribution in [0.1, 0.15) is 43.5 Å². The molecule has 0 radical (unpaired) electrons. The largest absolute Gasteiger partial charge is 0.384 e. The Bertz CT molecular complexity index is 1120. The molecule has 0 fully saturated rings. The van der Waals surface area contributed by atoms with E-state index in [2.05, 4.69) is 41.0 Å². The maximum atomic E-state index is 13.8. The lowest BCUT2D eigenvalue weighted by molar-refractivity contribution is -0.0631. The maximum Gasteiger partial charge on any atom is 0.170 e. The Kier molecular flexibility index (Phi) is 3.89. The van der Waals surface area contributed by atoms with E-state index in [0.29, 0.717) is 6.42 Å². The van der Waals surface area contributed by atoms with Gasteiger partial charge in [0, 0.05) is 34.0 Å². The third-order valence-corrected chi connectivity index (χ3v) is 6.25. The van der Waals surface area contributed by atoms with Gasteiger partial charge in [-0.05, 0) is 53.8 Å². The number of fused-ring (bicyclic) bond motifs is 3. The molecule has 0 N–H and O–H groups in total. The van der Waals surface area contributed by atoms with Gasteiger partial charge in [-0.2, -0.15) is 0 Å². The lowest BCUT2D eigenvalue weighted by Crippen LogP contribution is -2.40. The Morgan fingerprint density at radius 2 is 1.82 bits per heavy atom.